The van der Waals surface area contributed by atoms with Crippen LogP contribution in [0.1, 0.15) is 9.67 Å². The van der Waals surface area contributed by atoms with Gasteiger partial charge in [0, 0.05) is 10.1 Å². The molecule has 1 amide bonds. The highest BCUT2D eigenvalue weighted by molar-refractivity contribution is 7.21. The van der Waals surface area contributed by atoms with Crippen LogP contribution in [0.2, 0.25) is 5.02 Å². The average molecular weight is 318 g/mol. The Morgan fingerprint density at radius 3 is 2.62 bits per heavy atom. The molecule has 3 aromatic rings. The standard InChI is InChI=1S/C16H12ClNO2S/c1-20-12-8-4-3-7-11(12)18-16(19)15-14(17)10-6-2-5-9-13(10)21-15/h2-9H,1H3,(H,18,19). The monoisotopic (exact) mass is 317 g/mol. The summed E-state index contributed by atoms with van der Waals surface area (Å²) in [5, 5.41) is 4.23. The Kier molecular flexibility index (Phi) is 3.82. The zero-order valence-electron chi connectivity index (χ0n) is 11.2. The van der Waals surface area contributed by atoms with Crippen LogP contribution < -0.4 is 10.1 Å². The Balaban J connectivity index is 1.96. The van der Waals surface area contributed by atoms with Gasteiger partial charge >= 0.3 is 0 Å². The number of amides is 1. The molecule has 3 rings (SSSR count). The molecule has 5 heteroatoms. The molecule has 0 aliphatic heterocycles. The summed E-state index contributed by atoms with van der Waals surface area (Å²) in [6.45, 7) is 0. The van der Waals surface area contributed by atoms with Gasteiger partial charge in [0.25, 0.3) is 5.91 Å². The van der Waals surface area contributed by atoms with E-state index < -0.39 is 0 Å². The zero-order chi connectivity index (χ0) is 14.8. The lowest BCUT2D eigenvalue weighted by Gasteiger charge is -2.08. The number of nitrogens with one attached hydrogen (secondary N) is 1. The Morgan fingerprint density at radius 1 is 1.14 bits per heavy atom. The second kappa shape index (κ2) is 5.76. The maximum Gasteiger partial charge on any atom is 0.267 e. The normalized spacial score (nSPS) is 10.6. The molecular formula is C16H12ClNO2S. The lowest BCUT2D eigenvalue weighted by atomic mass is 10.2. The largest absolute Gasteiger partial charge is 0.495 e. The van der Waals surface area contributed by atoms with Crippen molar-refractivity contribution in [2.75, 3.05) is 12.4 Å². The van der Waals surface area contributed by atoms with Gasteiger partial charge in [0.05, 0.1) is 17.8 Å². The van der Waals surface area contributed by atoms with Gasteiger partial charge in [-0.05, 0) is 18.2 Å². The van der Waals surface area contributed by atoms with E-state index in [0.29, 0.717) is 21.3 Å². The summed E-state index contributed by atoms with van der Waals surface area (Å²) in [7, 11) is 1.57. The maximum atomic E-state index is 12.4. The van der Waals surface area contributed by atoms with Gasteiger partial charge in [-0.15, -0.1) is 11.3 Å². The number of carbonyl (C=O) groups excluding carboxylic acids is 1. The van der Waals surface area contributed by atoms with E-state index in [2.05, 4.69) is 5.32 Å². The third-order valence-corrected chi connectivity index (χ3v) is 4.77. The SMILES string of the molecule is COc1ccccc1NC(=O)c1sc2ccccc2c1Cl. The van der Waals surface area contributed by atoms with E-state index in [0.717, 1.165) is 10.1 Å². The summed E-state index contributed by atoms with van der Waals surface area (Å²) < 4.78 is 6.22. The topological polar surface area (TPSA) is 38.3 Å². The number of para-hydroxylation sites is 2. The number of hydrogen-bond acceptors (Lipinski definition) is 3. The molecule has 1 N–H and O–H groups in total. The molecule has 0 bridgehead atoms. The molecule has 0 saturated heterocycles. The van der Waals surface area contributed by atoms with Gasteiger partial charge < -0.3 is 10.1 Å². The lowest BCUT2D eigenvalue weighted by Crippen LogP contribution is -2.11. The van der Waals surface area contributed by atoms with E-state index in [9.17, 15) is 4.79 Å². The second-order valence-corrected chi connectivity index (χ2v) is 5.83. The maximum absolute atomic E-state index is 12.4. The highest BCUT2D eigenvalue weighted by atomic mass is 35.5. The number of ether oxygens (including phenoxy) is 1. The first-order valence-electron chi connectivity index (χ1n) is 6.32. The van der Waals surface area contributed by atoms with E-state index >= 15 is 0 Å². The Bertz CT molecular complexity index is 813. The molecule has 2 aromatic carbocycles. The third-order valence-electron chi connectivity index (χ3n) is 3.10. The number of fused-ring (bicyclic) bond motifs is 1. The van der Waals surface area contributed by atoms with Crippen molar-refractivity contribution in [2.24, 2.45) is 0 Å². The van der Waals surface area contributed by atoms with Crippen molar-refractivity contribution in [1.29, 1.82) is 0 Å². The Morgan fingerprint density at radius 2 is 1.86 bits per heavy atom. The van der Waals surface area contributed by atoms with Gasteiger partial charge in [-0.2, -0.15) is 0 Å². The van der Waals surface area contributed by atoms with Crippen molar-refractivity contribution >= 4 is 44.6 Å². The molecule has 0 unspecified atom stereocenters. The Labute approximate surface area is 131 Å². The predicted molar refractivity (Wildman–Crippen MR) is 87.8 cm³/mol. The van der Waals surface area contributed by atoms with Crippen molar-refractivity contribution < 1.29 is 9.53 Å². The number of hydrogen-bond donors (Lipinski definition) is 1. The van der Waals surface area contributed by atoms with Gasteiger partial charge in [0.15, 0.2) is 0 Å². The van der Waals surface area contributed by atoms with Crippen LogP contribution in [-0.2, 0) is 0 Å². The first kappa shape index (κ1) is 13.9. The van der Waals surface area contributed by atoms with Crippen LogP contribution >= 0.6 is 22.9 Å². The molecule has 0 fully saturated rings. The van der Waals surface area contributed by atoms with Crippen molar-refractivity contribution in [3.8, 4) is 5.75 Å². The average Bonchev–Trinajstić information content (AvgIpc) is 2.85. The minimum Gasteiger partial charge on any atom is -0.495 e. The highest BCUT2D eigenvalue weighted by Crippen LogP contribution is 2.36. The van der Waals surface area contributed by atoms with Crippen LogP contribution in [0.4, 0.5) is 5.69 Å². The van der Waals surface area contributed by atoms with Crippen LogP contribution in [-0.4, -0.2) is 13.0 Å². The molecule has 3 nitrogen and oxygen atoms in total. The van der Waals surface area contributed by atoms with Crippen LogP contribution in [0, 0.1) is 0 Å². The van der Waals surface area contributed by atoms with Gasteiger partial charge in [-0.25, -0.2) is 0 Å². The van der Waals surface area contributed by atoms with Crippen LogP contribution in [0.5, 0.6) is 5.75 Å². The van der Waals surface area contributed by atoms with Crippen molar-refractivity contribution in [1.82, 2.24) is 0 Å². The number of carbonyl (C=O) groups is 1. The molecule has 1 aromatic heterocycles. The molecule has 0 atom stereocenters. The third kappa shape index (κ3) is 2.60. The highest BCUT2D eigenvalue weighted by Gasteiger charge is 2.17. The molecule has 0 aliphatic carbocycles. The van der Waals surface area contributed by atoms with Gasteiger partial charge in [-0.1, -0.05) is 41.9 Å². The van der Waals surface area contributed by atoms with Gasteiger partial charge in [0.2, 0.25) is 0 Å². The van der Waals surface area contributed by atoms with Crippen molar-refractivity contribution in [3.63, 3.8) is 0 Å². The quantitative estimate of drug-likeness (QED) is 0.752. The number of methoxy groups -OCH3 is 1. The zero-order valence-corrected chi connectivity index (χ0v) is 12.8. The summed E-state index contributed by atoms with van der Waals surface area (Å²) >= 11 is 7.69. The van der Waals surface area contributed by atoms with E-state index in [-0.39, 0.29) is 5.91 Å². The molecule has 0 radical (unpaired) electrons. The number of halogens is 1. The first-order chi connectivity index (χ1) is 10.2. The summed E-state index contributed by atoms with van der Waals surface area (Å²) in [5.41, 5.74) is 0.624. The minimum absolute atomic E-state index is 0.231. The molecule has 0 spiro atoms. The first-order valence-corrected chi connectivity index (χ1v) is 7.51. The summed E-state index contributed by atoms with van der Waals surface area (Å²) in [6, 6.07) is 15.0. The fourth-order valence-corrected chi connectivity index (χ4v) is 3.50. The molecular weight excluding hydrogens is 306 g/mol. The number of benzene rings is 2. The smallest absolute Gasteiger partial charge is 0.267 e. The predicted octanol–water partition coefficient (Wildman–Crippen LogP) is 4.82. The van der Waals surface area contributed by atoms with E-state index in [1.54, 1.807) is 19.2 Å². The number of anilines is 1. The Hall–Kier alpha value is -2.04. The summed E-state index contributed by atoms with van der Waals surface area (Å²) in [5.74, 6) is 0.383. The fraction of sp³-hybridized carbons (Fsp3) is 0.0625. The molecule has 0 saturated carbocycles. The molecule has 106 valence electrons. The van der Waals surface area contributed by atoms with Gasteiger partial charge in [0.1, 0.15) is 10.6 Å². The van der Waals surface area contributed by atoms with E-state index in [1.807, 2.05) is 36.4 Å². The molecule has 0 aliphatic rings. The van der Waals surface area contributed by atoms with Crippen molar-refractivity contribution in [2.45, 2.75) is 0 Å². The molecule has 21 heavy (non-hydrogen) atoms. The summed E-state index contributed by atoms with van der Waals surface area (Å²) in [4.78, 5) is 12.9. The number of thiophene rings is 1. The minimum atomic E-state index is -0.231. The number of rotatable bonds is 3. The second-order valence-electron chi connectivity index (χ2n) is 4.40. The molecule has 1 heterocycles. The summed E-state index contributed by atoms with van der Waals surface area (Å²) in [6.07, 6.45) is 0. The van der Waals surface area contributed by atoms with Crippen LogP contribution in [0.3, 0.4) is 0 Å². The van der Waals surface area contributed by atoms with Crippen LogP contribution in [0.15, 0.2) is 48.5 Å². The van der Waals surface area contributed by atoms with Crippen LogP contribution in [0.25, 0.3) is 10.1 Å². The van der Waals surface area contributed by atoms with E-state index in [4.69, 9.17) is 16.3 Å². The fourth-order valence-electron chi connectivity index (χ4n) is 2.09. The van der Waals surface area contributed by atoms with Gasteiger partial charge in [-0.3, -0.25) is 4.79 Å². The van der Waals surface area contributed by atoms with Crippen molar-refractivity contribution in [3.05, 3.63) is 58.4 Å². The van der Waals surface area contributed by atoms with E-state index in [1.165, 1.54) is 11.3 Å². The lowest BCUT2D eigenvalue weighted by molar-refractivity contribution is 0.103.